The summed E-state index contributed by atoms with van der Waals surface area (Å²) in [5.74, 6) is -1.19. The van der Waals surface area contributed by atoms with Crippen molar-refractivity contribution < 1.29 is 17.6 Å². The van der Waals surface area contributed by atoms with Crippen LogP contribution in [0, 0.1) is 18.7 Å². The van der Waals surface area contributed by atoms with Gasteiger partial charge in [-0.25, -0.2) is 22.5 Å². The summed E-state index contributed by atoms with van der Waals surface area (Å²) in [5, 5.41) is 2.80. The zero-order chi connectivity index (χ0) is 23.2. The summed E-state index contributed by atoms with van der Waals surface area (Å²) in [5.41, 5.74) is 2.97. The predicted octanol–water partition coefficient (Wildman–Crippen LogP) is 3.77. The molecule has 0 aliphatic carbocycles. The molecule has 0 saturated heterocycles. The normalized spacial score (nSPS) is 16.9. The van der Waals surface area contributed by atoms with Crippen LogP contribution in [-0.4, -0.2) is 23.9 Å². The smallest absolute Gasteiger partial charge is 0.241 e. The zero-order valence-electron chi connectivity index (χ0n) is 17.7. The molecule has 0 fully saturated rings. The van der Waals surface area contributed by atoms with Crippen LogP contribution >= 0.6 is 0 Å². The number of carbonyl (C=O) groups excluding carboxylic acids is 1. The average molecular weight is 465 g/mol. The number of anilines is 1. The van der Waals surface area contributed by atoms with Gasteiger partial charge in [-0.15, -0.1) is 0 Å². The molecule has 9 heteroatoms. The van der Waals surface area contributed by atoms with Gasteiger partial charge in [0.2, 0.25) is 21.9 Å². The van der Waals surface area contributed by atoms with Crippen molar-refractivity contribution in [3.05, 3.63) is 89.7 Å². The maximum Gasteiger partial charge on any atom is 0.241 e. The second-order valence-corrected chi connectivity index (χ2v) is 9.81. The molecule has 1 aliphatic heterocycles. The van der Waals surface area contributed by atoms with Crippen molar-refractivity contribution >= 4 is 32.9 Å². The molecule has 2 unspecified atom stereocenters. The minimum atomic E-state index is -3.96. The number of imidazole rings is 1. The summed E-state index contributed by atoms with van der Waals surface area (Å²) in [6.45, 7) is 2.07. The van der Waals surface area contributed by atoms with Crippen LogP contribution in [-0.2, 0) is 21.4 Å². The number of halogens is 1. The number of aromatic nitrogens is 2. The topological polar surface area (TPSA) is 93.1 Å². The van der Waals surface area contributed by atoms with Crippen LogP contribution in [0.25, 0.3) is 11.0 Å². The van der Waals surface area contributed by atoms with E-state index in [1.807, 2.05) is 35.8 Å². The number of benzene rings is 3. The molecule has 3 aromatic carbocycles. The van der Waals surface area contributed by atoms with Gasteiger partial charge >= 0.3 is 0 Å². The Bertz CT molecular complexity index is 1450. The zero-order valence-corrected chi connectivity index (χ0v) is 18.5. The van der Waals surface area contributed by atoms with E-state index in [4.69, 9.17) is 0 Å². The van der Waals surface area contributed by atoms with Gasteiger partial charge < -0.3 is 4.57 Å². The number of hydrogen-bond acceptors (Lipinski definition) is 4. The van der Waals surface area contributed by atoms with E-state index in [-0.39, 0.29) is 17.3 Å². The fraction of sp³-hybridized carbons (Fsp3) is 0.167. The molecule has 0 spiro atoms. The van der Waals surface area contributed by atoms with E-state index in [1.54, 1.807) is 12.1 Å². The van der Waals surface area contributed by atoms with Gasteiger partial charge in [-0.05, 0) is 48.9 Å². The van der Waals surface area contributed by atoms with Gasteiger partial charge in [0.1, 0.15) is 5.82 Å². The monoisotopic (exact) mass is 464 g/mol. The van der Waals surface area contributed by atoms with E-state index in [0.29, 0.717) is 11.5 Å². The number of nitrogens with zero attached hydrogens (tertiary/aromatic N) is 2. The molecule has 5 rings (SSSR count). The van der Waals surface area contributed by atoms with E-state index >= 15 is 0 Å². The van der Waals surface area contributed by atoms with Crippen molar-refractivity contribution in [1.82, 2.24) is 14.3 Å². The Morgan fingerprint density at radius 3 is 2.48 bits per heavy atom. The molecule has 0 saturated carbocycles. The summed E-state index contributed by atoms with van der Waals surface area (Å²) in [6, 6.07) is 18.5. The number of para-hydroxylation sites is 2. The maximum atomic E-state index is 13.6. The lowest BCUT2D eigenvalue weighted by Crippen LogP contribution is -2.43. The SMILES string of the molecule is Cc1ccc(S(=O)(=O)NC(c2ccc(F)cc2)C2Cn3c(nc4ccccc43)NC2=O)cc1. The minimum Gasteiger partial charge on any atom is -0.309 e. The average Bonchev–Trinajstić information content (AvgIpc) is 3.15. The van der Waals surface area contributed by atoms with Crippen LogP contribution in [0.3, 0.4) is 0 Å². The molecule has 2 atom stereocenters. The molecule has 1 aliphatic rings. The summed E-state index contributed by atoms with van der Waals surface area (Å²) >= 11 is 0. The standard InChI is InChI=1S/C24H21FN4O3S/c1-15-6-12-18(13-7-15)33(31,32)28-22(16-8-10-17(25)11-9-16)19-14-29-21-5-3-2-4-20(21)26-24(29)27-23(19)30/h2-13,19,22,28H,14H2,1H3,(H,26,27,30). The third kappa shape index (κ3) is 4.01. The third-order valence-corrected chi connectivity index (χ3v) is 7.31. The molecule has 168 valence electrons. The first-order valence-electron chi connectivity index (χ1n) is 10.4. The lowest BCUT2D eigenvalue weighted by Gasteiger charge is -2.31. The van der Waals surface area contributed by atoms with Crippen LogP contribution in [0.4, 0.5) is 10.3 Å². The van der Waals surface area contributed by atoms with Crippen molar-refractivity contribution in [1.29, 1.82) is 0 Å². The highest BCUT2D eigenvalue weighted by Gasteiger charge is 2.37. The van der Waals surface area contributed by atoms with Gasteiger partial charge in [0.05, 0.1) is 27.9 Å². The fourth-order valence-electron chi connectivity index (χ4n) is 4.10. The van der Waals surface area contributed by atoms with Crippen molar-refractivity contribution in [2.75, 3.05) is 5.32 Å². The van der Waals surface area contributed by atoms with Crippen molar-refractivity contribution in [3.63, 3.8) is 0 Å². The van der Waals surface area contributed by atoms with Crippen LogP contribution in [0.1, 0.15) is 17.2 Å². The Balaban J connectivity index is 1.56. The molecule has 7 nitrogen and oxygen atoms in total. The van der Waals surface area contributed by atoms with Gasteiger partial charge in [0.15, 0.2) is 0 Å². The second kappa shape index (κ2) is 8.09. The summed E-state index contributed by atoms with van der Waals surface area (Å²) in [7, 11) is -3.96. The molecular formula is C24H21FN4O3S. The van der Waals surface area contributed by atoms with Gasteiger partial charge in [0.25, 0.3) is 0 Å². The van der Waals surface area contributed by atoms with Gasteiger partial charge in [-0.3, -0.25) is 10.1 Å². The van der Waals surface area contributed by atoms with Crippen LogP contribution in [0.15, 0.2) is 77.7 Å². The van der Waals surface area contributed by atoms with Crippen LogP contribution in [0.5, 0.6) is 0 Å². The first-order chi connectivity index (χ1) is 15.8. The number of sulfonamides is 1. The van der Waals surface area contributed by atoms with E-state index in [9.17, 15) is 17.6 Å². The number of nitrogens with one attached hydrogen (secondary N) is 2. The van der Waals surface area contributed by atoms with Gasteiger partial charge in [0, 0.05) is 6.54 Å². The lowest BCUT2D eigenvalue weighted by molar-refractivity contribution is -0.121. The number of hydrogen-bond donors (Lipinski definition) is 2. The number of amides is 1. The Hall–Kier alpha value is -3.56. The molecule has 0 radical (unpaired) electrons. The summed E-state index contributed by atoms with van der Waals surface area (Å²) < 4.78 is 44.6. The van der Waals surface area contributed by atoms with Crippen molar-refractivity contribution in [2.45, 2.75) is 24.4 Å². The number of rotatable bonds is 5. The Kier molecular flexibility index (Phi) is 5.22. The van der Waals surface area contributed by atoms with Crippen LogP contribution in [0.2, 0.25) is 0 Å². The van der Waals surface area contributed by atoms with Crippen LogP contribution < -0.4 is 10.0 Å². The quantitative estimate of drug-likeness (QED) is 0.470. The number of aryl methyl sites for hydroxylation is 1. The van der Waals surface area contributed by atoms with E-state index in [2.05, 4.69) is 15.0 Å². The molecule has 4 aromatic rings. The highest BCUT2D eigenvalue weighted by Crippen LogP contribution is 2.33. The molecule has 2 heterocycles. The Morgan fingerprint density at radius 1 is 1.06 bits per heavy atom. The Labute approximate surface area is 190 Å². The summed E-state index contributed by atoms with van der Waals surface area (Å²) in [4.78, 5) is 17.7. The first kappa shape index (κ1) is 21.3. The van der Waals surface area contributed by atoms with Crippen molar-refractivity contribution in [3.8, 4) is 0 Å². The first-order valence-corrected chi connectivity index (χ1v) is 11.9. The predicted molar refractivity (Wildman–Crippen MR) is 122 cm³/mol. The minimum absolute atomic E-state index is 0.0881. The number of fused-ring (bicyclic) bond motifs is 3. The van der Waals surface area contributed by atoms with Crippen molar-refractivity contribution in [2.24, 2.45) is 5.92 Å². The van der Waals surface area contributed by atoms with E-state index in [1.165, 1.54) is 36.4 Å². The maximum absolute atomic E-state index is 13.6. The third-order valence-electron chi connectivity index (χ3n) is 5.85. The largest absolute Gasteiger partial charge is 0.309 e. The molecule has 1 aromatic heterocycles. The number of carbonyl (C=O) groups is 1. The van der Waals surface area contributed by atoms with Gasteiger partial charge in [-0.2, -0.15) is 0 Å². The summed E-state index contributed by atoms with van der Waals surface area (Å²) in [6.07, 6.45) is 0. The van der Waals surface area contributed by atoms with Gasteiger partial charge in [-0.1, -0.05) is 42.0 Å². The van der Waals surface area contributed by atoms with E-state index in [0.717, 1.165) is 16.6 Å². The molecule has 2 N–H and O–H groups in total. The molecule has 33 heavy (non-hydrogen) atoms. The Morgan fingerprint density at radius 2 is 1.76 bits per heavy atom. The fourth-order valence-corrected chi connectivity index (χ4v) is 5.37. The molecular weight excluding hydrogens is 443 g/mol. The van der Waals surface area contributed by atoms with E-state index < -0.39 is 27.8 Å². The second-order valence-electron chi connectivity index (χ2n) is 8.09. The molecule has 1 amide bonds. The highest BCUT2D eigenvalue weighted by atomic mass is 32.2. The highest BCUT2D eigenvalue weighted by molar-refractivity contribution is 7.89. The lowest BCUT2D eigenvalue weighted by atomic mass is 9.92. The molecule has 0 bridgehead atoms.